The summed E-state index contributed by atoms with van der Waals surface area (Å²) in [5.74, 6) is 1.33. The lowest BCUT2D eigenvalue weighted by molar-refractivity contribution is -0.148. The monoisotopic (exact) mass is 289 g/mol. The average molecular weight is 289 g/mol. The molecule has 1 atom stereocenters. The highest BCUT2D eigenvalue weighted by atomic mass is 16.5. The van der Waals surface area contributed by atoms with Crippen molar-refractivity contribution in [3.8, 4) is 0 Å². The van der Waals surface area contributed by atoms with Gasteiger partial charge >= 0.3 is 5.97 Å². The van der Waals surface area contributed by atoms with E-state index < -0.39 is 0 Å². The van der Waals surface area contributed by atoms with E-state index in [1.54, 1.807) is 4.52 Å². The van der Waals surface area contributed by atoms with Gasteiger partial charge in [0.05, 0.1) is 12.5 Å². The van der Waals surface area contributed by atoms with Crippen LogP contribution in [0.4, 0.5) is 5.82 Å². The van der Waals surface area contributed by atoms with Crippen LogP contribution in [-0.4, -0.2) is 45.2 Å². The maximum atomic E-state index is 12.0. The van der Waals surface area contributed by atoms with Crippen LogP contribution in [0.3, 0.4) is 0 Å². The predicted octanol–water partition coefficient (Wildman–Crippen LogP) is 1.21. The van der Waals surface area contributed by atoms with E-state index in [-0.39, 0.29) is 11.9 Å². The topological polar surface area (TPSA) is 72.6 Å². The number of nitrogens with zero attached hydrogens (tertiary/aromatic N) is 5. The summed E-state index contributed by atoms with van der Waals surface area (Å²) < 4.78 is 6.87. The van der Waals surface area contributed by atoms with Crippen molar-refractivity contribution in [2.75, 3.05) is 24.6 Å². The fourth-order valence-electron chi connectivity index (χ4n) is 2.77. The number of aryl methyl sites for hydroxylation is 1. The second-order valence-electron chi connectivity index (χ2n) is 5.26. The number of rotatable bonds is 3. The third kappa shape index (κ3) is 2.68. The Kier molecular flexibility index (Phi) is 3.72. The standard InChI is InChI=1S/C14H19N5O2/c1-3-21-13(20)11-5-4-6-18(8-11)12-7-10(2)17-14-15-9-16-19(12)14/h7,9,11H,3-6,8H2,1-2H3. The Labute approximate surface area is 122 Å². The van der Waals surface area contributed by atoms with Crippen molar-refractivity contribution in [3.05, 3.63) is 18.1 Å². The average Bonchev–Trinajstić information content (AvgIpc) is 2.95. The normalized spacial score (nSPS) is 19.0. The van der Waals surface area contributed by atoms with Crippen LogP contribution in [0.25, 0.3) is 5.78 Å². The molecule has 1 saturated heterocycles. The molecule has 1 aliphatic heterocycles. The van der Waals surface area contributed by atoms with Crippen molar-refractivity contribution >= 4 is 17.6 Å². The molecule has 7 nitrogen and oxygen atoms in total. The van der Waals surface area contributed by atoms with E-state index in [0.29, 0.717) is 18.9 Å². The molecule has 0 aliphatic carbocycles. The number of fused-ring (bicyclic) bond motifs is 1. The van der Waals surface area contributed by atoms with Crippen molar-refractivity contribution in [1.29, 1.82) is 0 Å². The Morgan fingerprint density at radius 3 is 3.19 bits per heavy atom. The first-order chi connectivity index (χ1) is 10.2. The molecule has 0 amide bonds. The molecular formula is C14H19N5O2. The number of ether oxygens (including phenoxy) is 1. The van der Waals surface area contributed by atoms with Crippen LogP contribution in [0.2, 0.25) is 0 Å². The summed E-state index contributed by atoms with van der Waals surface area (Å²) in [4.78, 5) is 22.6. The van der Waals surface area contributed by atoms with Crippen LogP contribution in [0, 0.1) is 12.8 Å². The molecule has 0 aromatic carbocycles. The molecule has 2 aromatic rings. The maximum Gasteiger partial charge on any atom is 0.310 e. The van der Waals surface area contributed by atoms with Crippen LogP contribution >= 0.6 is 0 Å². The Hall–Kier alpha value is -2.18. The summed E-state index contributed by atoms with van der Waals surface area (Å²) in [6.45, 7) is 5.75. The second kappa shape index (κ2) is 5.67. The van der Waals surface area contributed by atoms with E-state index >= 15 is 0 Å². The molecule has 0 spiro atoms. The van der Waals surface area contributed by atoms with Gasteiger partial charge in [0.25, 0.3) is 5.78 Å². The molecule has 2 aromatic heterocycles. The highest BCUT2D eigenvalue weighted by Crippen LogP contribution is 2.24. The zero-order chi connectivity index (χ0) is 14.8. The largest absolute Gasteiger partial charge is 0.466 e. The second-order valence-corrected chi connectivity index (χ2v) is 5.26. The van der Waals surface area contributed by atoms with Crippen molar-refractivity contribution < 1.29 is 9.53 Å². The Morgan fingerprint density at radius 1 is 1.52 bits per heavy atom. The van der Waals surface area contributed by atoms with Crippen LogP contribution < -0.4 is 4.90 Å². The summed E-state index contributed by atoms with van der Waals surface area (Å²) >= 11 is 0. The van der Waals surface area contributed by atoms with Crippen molar-refractivity contribution in [2.24, 2.45) is 5.92 Å². The van der Waals surface area contributed by atoms with Gasteiger partial charge in [-0.15, -0.1) is 0 Å². The zero-order valence-corrected chi connectivity index (χ0v) is 12.3. The van der Waals surface area contributed by atoms with Crippen molar-refractivity contribution in [2.45, 2.75) is 26.7 Å². The highest BCUT2D eigenvalue weighted by molar-refractivity contribution is 5.73. The smallest absolute Gasteiger partial charge is 0.310 e. The molecule has 0 saturated carbocycles. The van der Waals surface area contributed by atoms with Crippen molar-refractivity contribution in [3.63, 3.8) is 0 Å². The fraction of sp³-hybridized carbons (Fsp3) is 0.571. The first-order valence-corrected chi connectivity index (χ1v) is 7.28. The number of anilines is 1. The van der Waals surface area contributed by atoms with Gasteiger partial charge in [0.1, 0.15) is 12.1 Å². The number of hydrogen-bond donors (Lipinski definition) is 0. The molecule has 21 heavy (non-hydrogen) atoms. The molecule has 7 heteroatoms. The molecular weight excluding hydrogens is 270 g/mol. The van der Waals surface area contributed by atoms with E-state index in [4.69, 9.17) is 4.74 Å². The summed E-state index contributed by atoms with van der Waals surface area (Å²) in [6.07, 6.45) is 3.33. The Bertz CT molecular complexity index is 654. The fourth-order valence-corrected chi connectivity index (χ4v) is 2.77. The van der Waals surface area contributed by atoms with Gasteiger partial charge in [-0.05, 0) is 26.7 Å². The Balaban J connectivity index is 1.88. The van der Waals surface area contributed by atoms with Crippen LogP contribution in [0.5, 0.6) is 0 Å². The molecule has 1 aliphatic rings. The van der Waals surface area contributed by atoms with Crippen molar-refractivity contribution in [1.82, 2.24) is 19.6 Å². The number of piperidine rings is 1. The van der Waals surface area contributed by atoms with Gasteiger partial charge in [-0.3, -0.25) is 4.79 Å². The van der Waals surface area contributed by atoms with Gasteiger partial charge in [0.15, 0.2) is 0 Å². The van der Waals surface area contributed by atoms with E-state index in [1.807, 2.05) is 19.9 Å². The molecule has 3 heterocycles. The SMILES string of the molecule is CCOC(=O)C1CCCN(c2cc(C)nc3ncnn23)C1. The molecule has 3 rings (SSSR count). The molecule has 1 fully saturated rings. The minimum Gasteiger partial charge on any atom is -0.466 e. The third-order valence-corrected chi connectivity index (χ3v) is 3.73. The van der Waals surface area contributed by atoms with Gasteiger partial charge in [-0.1, -0.05) is 0 Å². The summed E-state index contributed by atoms with van der Waals surface area (Å²) in [6, 6.07) is 1.98. The molecule has 1 unspecified atom stereocenters. The van der Waals surface area contributed by atoms with Gasteiger partial charge in [-0.2, -0.15) is 14.6 Å². The van der Waals surface area contributed by atoms with Crippen LogP contribution in [-0.2, 0) is 9.53 Å². The minimum atomic E-state index is -0.109. The minimum absolute atomic E-state index is 0.0780. The lowest BCUT2D eigenvalue weighted by atomic mass is 9.98. The van der Waals surface area contributed by atoms with Crippen LogP contribution in [0.1, 0.15) is 25.5 Å². The lowest BCUT2D eigenvalue weighted by Crippen LogP contribution is -2.40. The van der Waals surface area contributed by atoms with Gasteiger partial charge in [0, 0.05) is 24.8 Å². The number of carbonyl (C=O) groups is 1. The quantitative estimate of drug-likeness (QED) is 0.791. The van der Waals surface area contributed by atoms with E-state index in [1.165, 1.54) is 6.33 Å². The summed E-state index contributed by atoms with van der Waals surface area (Å²) in [5, 5.41) is 4.23. The van der Waals surface area contributed by atoms with Gasteiger partial charge < -0.3 is 9.64 Å². The highest BCUT2D eigenvalue weighted by Gasteiger charge is 2.28. The summed E-state index contributed by atoms with van der Waals surface area (Å²) in [5.41, 5.74) is 0.892. The molecule has 0 radical (unpaired) electrons. The first-order valence-electron chi connectivity index (χ1n) is 7.28. The third-order valence-electron chi connectivity index (χ3n) is 3.73. The zero-order valence-electron chi connectivity index (χ0n) is 12.3. The van der Waals surface area contributed by atoms with Crippen LogP contribution in [0.15, 0.2) is 12.4 Å². The maximum absolute atomic E-state index is 12.0. The van der Waals surface area contributed by atoms with E-state index in [2.05, 4.69) is 20.0 Å². The molecule has 0 bridgehead atoms. The molecule has 112 valence electrons. The van der Waals surface area contributed by atoms with E-state index in [9.17, 15) is 4.79 Å². The number of hydrogen-bond acceptors (Lipinski definition) is 6. The van der Waals surface area contributed by atoms with Gasteiger partial charge in [0.2, 0.25) is 0 Å². The lowest BCUT2D eigenvalue weighted by Gasteiger charge is -2.33. The Morgan fingerprint density at radius 2 is 2.38 bits per heavy atom. The number of aromatic nitrogens is 4. The number of esters is 1. The first kappa shape index (κ1) is 13.8. The van der Waals surface area contributed by atoms with Gasteiger partial charge in [-0.25, -0.2) is 4.98 Å². The predicted molar refractivity (Wildman–Crippen MR) is 77.1 cm³/mol. The summed E-state index contributed by atoms with van der Waals surface area (Å²) in [7, 11) is 0. The molecule has 0 N–H and O–H groups in total. The number of carbonyl (C=O) groups excluding carboxylic acids is 1. The van der Waals surface area contributed by atoms with E-state index in [0.717, 1.165) is 30.9 Å².